The van der Waals surface area contributed by atoms with E-state index in [-0.39, 0.29) is 23.3 Å². The number of benzene rings is 1. The number of carbonyl (C=O) groups is 2. The van der Waals surface area contributed by atoms with Crippen molar-refractivity contribution in [3.63, 3.8) is 0 Å². The number of rotatable bonds is 6. The van der Waals surface area contributed by atoms with Crippen molar-refractivity contribution in [2.24, 2.45) is 0 Å². The smallest absolute Gasteiger partial charge is 0.336 e. The number of hydrogen-bond acceptors (Lipinski definition) is 4. The Balaban J connectivity index is 3.38. The van der Waals surface area contributed by atoms with Crippen LogP contribution in [0.3, 0.4) is 0 Å². The summed E-state index contributed by atoms with van der Waals surface area (Å²) in [6, 6.07) is 4.06. The number of ether oxygens (including phenoxy) is 1. The predicted octanol–water partition coefficient (Wildman–Crippen LogP) is 1.15. The van der Waals surface area contributed by atoms with Crippen molar-refractivity contribution in [1.29, 1.82) is 0 Å². The molecular weight excluding hydrogens is 240 g/mol. The van der Waals surface area contributed by atoms with Gasteiger partial charge in [0.2, 0.25) is 0 Å². The summed E-state index contributed by atoms with van der Waals surface area (Å²) < 4.78 is 5.20. The van der Waals surface area contributed by atoms with Gasteiger partial charge in [0.05, 0.1) is 17.7 Å². The molecule has 6 nitrogen and oxygen atoms in total. The topological polar surface area (TPSA) is 104 Å². The Bertz CT molecular complexity index is 454. The molecule has 1 atom stereocenters. The van der Waals surface area contributed by atoms with Crippen molar-refractivity contribution in [3.05, 3.63) is 34.9 Å². The number of hydrogen-bond donors (Lipinski definition) is 3. The summed E-state index contributed by atoms with van der Waals surface area (Å²) in [7, 11) is 0. The van der Waals surface area contributed by atoms with Gasteiger partial charge in [0.15, 0.2) is 0 Å². The molecule has 1 rings (SSSR count). The molecule has 0 aliphatic heterocycles. The third-order valence-electron chi connectivity index (χ3n) is 2.42. The molecule has 1 unspecified atom stereocenters. The molecule has 1 aromatic carbocycles. The van der Waals surface area contributed by atoms with Gasteiger partial charge in [0, 0.05) is 6.61 Å². The molecule has 0 fully saturated rings. The molecule has 3 N–H and O–H groups in total. The molecule has 6 heteroatoms. The Morgan fingerprint density at radius 1 is 1.28 bits per heavy atom. The van der Waals surface area contributed by atoms with Crippen LogP contribution in [-0.4, -0.2) is 40.5 Å². The third-order valence-corrected chi connectivity index (χ3v) is 2.42. The molecule has 0 aromatic heterocycles. The maximum Gasteiger partial charge on any atom is 0.336 e. The van der Waals surface area contributed by atoms with Crippen LogP contribution in [0.2, 0.25) is 0 Å². The van der Waals surface area contributed by atoms with E-state index >= 15 is 0 Å². The van der Waals surface area contributed by atoms with Crippen LogP contribution in [0, 0.1) is 0 Å². The van der Waals surface area contributed by atoms with Gasteiger partial charge in [-0.25, -0.2) is 9.59 Å². The Labute approximate surface area is 103 Å². The molecule has 18 heavy (non-hydrogen) atoms. The normalized spacial score (nSPS) is 12.1. The van der Waals surface area contributed by atoms with Crippen molar-refractivity contribution in [1.82, 2.24) is 0 Å². The van der Waals surface area contributed by atoms with E-state index in [0.717, 1.165) is 0 Å². The number of aliphatic hydroxyl groups excluding tert-OH is 1. The Hall–Kier alpha value is -1.92. The zero-order chi connectivity index (χ0) is 13.7. The zero-order valence-electron chi connectivity index (χ0n) is 9.79. The van der Waals surface area contributed by atoms with E-state index in [1.165, 1.54) is 18.2 Å². The molecular formula is C12H14O6. The molecule has 0 heterocycles. The van der Waals surface area contributed by atoms with Crippen LogP contribution >= 0.6 is 0 Å². The number of carboxylic acid groups (broad SMARTS) is 2. The van der Waals surface area contributed by atoms with Crippen LogP contribution in [0.4, 0.5) is 0 Å². The highest BCUT2D eigenvalue weighted by atomic mass is 16.5. The minimum absolute atomic E-state index is 0.159. The van der Waals surface area contributed by atoms with Crippen LogP contribution in [0.5, 0.6) is 0 Å². The van der Waals surface area contributed by atoms with Gasteiger partial charge in [-0.05, 0) is 18.6 Å². The highest BCUT2D eigenvalue weighted by molar-refractivity contribution is 6.02. The van der Waals surface area contributed by atoms with Gasteiger partial charge in [0.1, 0.15) is 6.10 Å². The first-order valence-corrected chi connectivity index (χ1v) is 5.34. The maximum atomic E-state index is 11.2. The van der Waals surface area contributed by atoms with Crippen molar-refractivity contribution in [2.45, 2.75) is 13.0 Å². The van der Waals surface area contributed by atoms with Gasteiger partial charge in [-0.1, -0.05) is 12.1 Å². The first-order valence-electron chi connectivity index (χ1n) is 5.34. The fraction of sp³-hybridized carbons (Fsp3) is 0.333. The van der Waals surface area contributed by atoms with Gasteiger partial charge in [0.25, 0.3) is 0 Å². The average Bonchev–Trinajstić information content (AvgIpc) is 2.34. The van der Waals surface area contributed by atoms with Gasteiger partial charge in [-0.2, -0.15) is 0 Å². The Morgan fingerprint density at radius 2 is 1.94 bits per heavy atom. The van der Waals surface area contributed by atoms with Gasteiger partial charge >= 0.3 is 11.9 Å². The van der Waals surface area contributed by atoms with Crippen molar-refractivity contribution < 1.29 is 29.6 Å². The molecule has 98 valence electrons. The van der Waals surface area contributed by atoms with E-state index in [2.05, 4.69) is 0 Å². The second-order valence-corrected chi connectivity index (χ2v) is 3.51. The highest BCUT2D eigenvalue weighted by Crippen LogP contribution is 2.24. The monoisotopic (exact) mass is 254 g/mol. The van der Waals surface area contributed by atoms with Crippen LogP contribution < -0.4 is 0 Å². The average molecular weight is 254 g/mol. The first kappa shape index (κ1) is 14.1. The van der Waals surface area contributed by atoms with Crippen molar-refractivity contribution >= 4 is 11.9 Å². The van der Waals surface area contributed by atoms with Crippen LogP contribution in [0.1, 0.15) is 39.3 Å². The summed E-state index contributed by atoms with van der Waals surface area (Å²) >= 11 is 0. The fourth-order valence-corrected chi connectivity index (χ4v) is 1.70. The van der Waals surface area contributed by atoms with Gasteiger partial charge in [-0.3, -0.25) is 0 Å². The molecule has 0 bridgehead atoms. The zero-order valence-corrected chi connectivity index (χ0v) is 9.79. The largest absolute Gasteiger partial charge is 0.478 e. The van der Waals surface area contributed by atoms with E-state index in [4.69, 9.17) is 14.9 Å². The lowest BCUT2D eigenvalue weighted by atomic mass is 9.97. The molecule has 0 saturated carbocycles. The summed E-state index contributed by atoms with van der Waals surface area (Å²) in [6.07, 6.45) is -0.847. The lowest BCUT2D eigenvalue weighted by Gasteiger charge is -2.17. The van der Waals surface area contributed by atoms with Crippen LogP contribution in [0.15, 0.2) is 18.2 Å². The fourth-order valence-electron chi connectivity index (χ4n) is 1.70. The summed E-state index contributed by atoms with van der Waals surface area (Å²) in [6.45, 7) is 1.56. The number of aromatic carboxylic acids is 2. The number of carboxylic acids is 2. The van der Waals surface area contributed by atoms with E-state index < -0.39 is 24.6 Å². The highest BCUT2D eigenvalue weighted by Gasteiger charge is 2.24. The standard InChI is InChI=1S/C12H14O6/c1-2-18-9(6-13)7-4-3-5-8(11(14)15)10(7)12(16)17/h3-5,9,13H,2,6H2,1H3,(H,14,15)(H,16,17). The minimum Gasteiger partial charge on any atom is -0.478 e. The molecule has 0 aliphatic rings. The lowest BCUT2D eigenvalue weighted by Crippen LogP contribution is -2.17. The summed E-state index contributed by atoms with van der Waals surface area (Å²) in [4.78, 5) is 22.2. The second-order valence-electron chi connectivity index (χ2n) is 3.51. The third kappa shape index (κ3) is 2.85. The van der Waals surface area contributed by atoms with E-state index in [9.17, 15) is 14.7 Å². The van der Waals surface area contributed by atoms with Crippen LogP contribution in [-0.2, 0) is 4.74 Å². The molecule has 1 aromatic rings. The van der Waals surface area contributed by atoms with E-state index in [1.54, 1.807) is 6.92 Å². The van der Waals surface area contributed by atoms with Crippen molar-refractivity contribution in [2.75, 3.05) is 13.2 Å². The Kier molecular flexibility index (Phi) is 4.82. The number of aliphatic hydroxyl groups is 1. The Morgan fingerprint density at radius 3 is 2.39 bits per heavy atom. The SMILES string of the molecule is CCOC(CO)c1cccc(C(=O)O)c1C(=O)O. The quantitative estimate of drug-likeness (QED) is 0.703. The van der Waals surface area contributed by atoms with E-state index in [0.29, 0.717) is 0 Å². The second kappa shape index (κ2) is 6.13. The summed E-state index contributed by atoms with van der Waals surface area (Å²) in [5.41, 5.74) is -0.512. The molecule has 0 spiro atoms. The van der Waals surface area contributed by atoms with Gasteiger partial charge in [-0.15, -0.1) is 0 Å². The van der Waals surface area contributed by atoms with Gasteiger partial charge < -0.3 is 20.1 Å². The summed E-state index contributed by atoms with van der Waals surface area (Å²) in [5.74, 6) is -2.69. The molecule has 0 saturated heterocycles. The summed E-state index contributed by atoms with van der Waals surface area (Å²) in [5, 5.41) is 27.2. The minimum atomic E-state index is -1.36. The van der Waals surface area contributed by atoms with Crippen molar-refractivity contribution in [3.8, 4) is 0 Å². The molecule has 0 amide bonds. The maximum absolute atomic E-state index is 11.2. The molecule has 0 aliphatic carbocycles. The van der Waals surface area contributed by atoms with E-state index in [1.807, 2.05) is 0 Å². The lowest BCUT2D eigenvalue weighted by molar-refractivity contribution is 0.0177. The first-order chi connectivity index (χ1) is 8.52. The predicted molar refractivity (Wildman–Crippen MR) is 61.8 cm³/mol. The van der Waals surface area contributed by atoms with Crippen LogP contribution in [0.25, 0.3) is 0 Å². The molecule has 0 radical (unpaired) electrons.